The quantitative estimate of drug-likeness (QED) is 0.307. The number of rotatable bonds is 6. The van der Waals surface area contributed by atoms with E-state index in [1.807, 2.05) is 0 Å². The summed E-state index contributed by atoms with van der Waals surface area (Å²) in [5.74, 6) is 1.99. The van der Waals surface area contributed by atoms with Crippen molar-refractivity contribution in [1.29, 1.82) is 0 Å². The molecule has 2 N–H and O–H groups in total. The van der Waals surface area contributed by atoms with Crippen molar-refractivity contribution in [3.05, 3.63) is 0 Å². The monoisotopic (exact) mass is 409 g/mol. The highest BCUT2D eigenvalue weighted by atomic mass is 127. The Bertz CT molecular complexity index is 306. The van der Waals surface area contributed by atoms with Crippen LogP contribution < -0.4 is 5.32 Å². The number of unbranched alkanes of at least 4 members (excludes halogenated alkanes) is 1. The first-order valence-corrected chi connectivity index (χ1v) is 8.51. The molecule has 1 aliphatic carbocycles. The zero-order chi connectivity index (χ0) is 14.2. The normalized spacial score (nSPS) is 23.4. The molecule has 0 aromatic rings. The molecule has 1 saturated heterocycles. The van der Waals surface area contributed by atoms with Crippen LogP contribution in [0.2, 0.25) is 0 Å². The van der Waals surface area contributed by atoms with Crippen LogP contribution in [-0.2, 0) is 0 Å². The summed E-state index contributed by atoms with van der Waals surface area (Å²) in [4.78, 5) is 6.90. The third-order valence-electron chi connectivity index (χ3n) is 4.55. The van der Waals surface area contributed by atoms with Crippen LogP contribution in [0.25, 0.3) is 0 Å². The number of aliphatic imine (C=N–C) groups is 1. The summed E-state index contributed by atoms with van der Waals surface area (Å²) in [7, 11) is 0. The lowest BCUT2D eigenvalue weighted by atomic mass is 10.0. The SMILES string of the molecule is CCNC(=NCCCCC1CCCC1)N1CC[C@@H](O)C1.I. The molecule has 124 valence electrons. The van der Waals surface area contributed by atoms with E-state index in [1.165, 1.54) is 44.9 Å². The summed E-state index contributed by atoms with van der Waals surface area (Å²) < 4.78 is 0. The Morgan fingerprint density at radius 2 is 2.00 bits per heavy atom. The van der Waals surface area contributed by atoms with Crippen molar-refractivity contribution in [2.24, 2.45) is 10.9 Å². The summed E-state index contributed by atoms with van der Waals surface area (Å²) in [6.45, 7) is 5.57. The molecule has 0 amide bonds. The number of hydrogen-bond acceptors (Lipinski definition) is 2. The minimum atomic E-state index is -0.179. The molecule has 1 heterocycles. The van der Waals surface area contributed by atoms with Gasteiger partial charge in [-0.2, -0.15) is 0 Å². The highest BCUT2D eigenvalue weighted by Gasteiger charge is 2.22. The van der Waals surface area contributed by atoms with Gasteiger partial charge in [0.1, 0.15) is 0 Å². The fourth-order valence-electron chi connectivity index (χ4n) is 3.39. The average molecular weight is 409 g/mol. The van der Waals surface area contributed by atoms with Gasteiger partial charge < -0.3 is 15.3 Å². The Hall–Kier alpha value is -0.0400. The minimum absolute atomic E-state index is 0. The Morgan fingerprint density at radius 3 is 2.62 bits per heavy atom. The molecule has 5 heteroatoms. The summed E-state index contributed by atoms with van der Waals surface area (Å²) in [5.41, 5.74) is 0. The van der Waals surface area contributed by atoms with Gasteiger partial charge in [0.25, 0.3) is 0 Å². The second-order valence-corrected chi connectivity index (χ2v) is 6.27. The van der Waals surface area contributed by atoms with Gasteiger partial charge in [-0.25, -0.2) is 0 Å². The zero-order valence-corrected chi connectivity index (χ0v) is 15.7. The van der Waals surface area contributed by atoms with E-state index < -0.39 is 0 Å². The van der Waals surface area contributed by atoms with Crippen molar-refractivity contribution in [3.63, 3.8) is 0 Å². The molecule has 1 saturated carbocycles. The fourth-order valence-corrected chi connectivity index (χ4v) is 3.39. The van der Waals surface area contributed by atoms with Crippen LogP contribution in [0.3, 0.4) is 0 Å². The van der Waals surface area contributed by atoms with E-state index >= 15 is 0 Å². The van der Waals surface area contributed by atoms with Gasteiger partial charge in [-0.1, -0.05) is 38.5 Å². The molecule has 0 aromatic carbocycles. The number of β-amino-alcohol motifs (C(OH)–C–C–N with tert-alkyl or cyclic N) is 1. The summed E-state index contributed by atoms with van der Waals surface area (Å²) in [6.07, 6.45) is 10.4. The predicted octanol–water partition coefficient (Wildman–Crippen LogP) is 3.00. The van der Waals surface area contributed by atoms with Crippen LogP contribution >= 0.6 is 24.0 Å². The van der Waals surface area contributed by atoms with Crippen LogP contribution in [0.15, 0.2) is 4.99 Å². The molecular formula is C16H32IN3O. The van der Waals surface area contributed by atoms with Gasteiger partial charge in [0.15, 0.2) is 5.96 Å². The van der Waals surface area contributed by atoms with Crippen LogP contribution in [0.5, 0.6) is 0 Å². The van der Waals surface area contributed by atoms with Crippen molar-refractivity contribution < 1.29 is 5.11 Å². The molecule has 1 aliphatic heterocycles. The van der Waals surface area contributed by atoms with Crippen molar-refractivity contribution in [2.45, 2.75) is 64.4 Å². The molecule has 4 nitrogen and oxygen atoms in total. The van der Waals surface area contributed by atoms with Gasteiger partial charge in [0.2, 0.25) is 0 Å². The third kappa shape index (κ3) is 6.72. The number of guanidine groups is 1. The first-order chi connectivity index (χ1) is 9.79. The number of likely N-dealkylation sites (tertiary alicyclic amines) is 1. The molecule has 0 spiro atoms. The van der Waals surface area contributed by atoms with E-state index in [1.54, 1.807) is 0 Å². The maximum absolute atomic E-state index is 9.62. The Morgan fingerprint density at radius 1 is 1.24 bits per heavy atom. The van der Waals surface area contributed by atoms with Gasteiger partial charge in [-0.15, -0.1) is 24.0 Å². The number of hydrogen-bond donors (Lipinski definition) is 2. The standard InChI is InChI=1S/C16H31N3O.HI/c1-2-17-16(19-12-10-15(20)13-19)18-11-6-5-9-14-7-3-4-8-14;/h14-15,20H,2-13H2,1H3,(H,17,18);1H/t15-;/m1./s1. The average Bonchev–Trinajstić information content (AvgIpc) is 3.08. The fraction of sp³-hybridized carbons (Fsp3) is 0.938. The Balaban J connectivity index is 0.00000220. The number of aliphatic hydroxyl groups excluding tert-OH is 1. The van der Waals surface area contributed by atoms with Crippen LogP contribution in [0.4, 0.5) is 0 Å². The second-order valence-electron chi connectivity index (χ2n) is 6.27. The molecule has 2 fully saturated rings. The number of nitrogens with one attached hydrogen (secondary N) is 1. The lowest BCUT2D eigenvalue weighted by molar-refractivity contribution is 0.188. The molecule has 0 bridgehead atoms. The number of halogens is 1. The summed E-state index contributed by atoms with van der Waals surface area (Å²) >= 11 is 0. The zero-order valence-electron chi connectivity index (χ0n) is 13.4. The Kier molecular flexibility index (Phi) is 9.64. The lowest BCUT2D eigenvalue weighted by Gasteiger charge is -2.20. The molecule has 1 atom stereocenters. The summed E-state index contributed by atoms with van der Waals surface area (Å²) in [6, 6.07) is 0. The number of aliphatic hydroxyl groups is 1. The van der Waals surface area contributed by atoms with E-state index in [9.17, 15) is 5.11 Å². The van der Waals surface area contributed by atoms with Gasteiger partial charge in [-0.05, 0) is 25.7 Å². The van der Waals surface area contributed by atoms with Gasteiger partial charge in [-0.3, -0.25) is 4.99 Å². The van der Waals surface area contributed by atoms with Gasteiger partial charge in [0, 0.05) is 26.2 Å². The van der Waals surface area contributed by atoms with Crippen LogP contribution in [-0.4, -0.2) is 48.2 Å². The van der Waals surface area contributed by atoms with Crippen molar-refractivity contribution in [3.8, 4) is 0 Å². The second kappa shape index (κ2) is 10.6. The summed E-state index contributed by atoms with van der Waals surface area (Å²) in [5, 5.41) is 13.0. The molecular weight excluding hydrogens is 377 g/mol. The van der Waals surface area contributed by atoms with Crippen LogP contribution in [0, 0.1) is 5.92 Å². The molecule has 2 aliphatic rings. The third-order valence-corrected chi connectivity index (χ3v) is 4.55. The highest BCUT2D eigenvalue weighted by Crippen LogP contribution is 2.28. The smallest absolute Gasteiger partial charge is 0.194 e. The van der Waals surface area contributed by atoms with Crippen molar-refractivity contribution in [1.82, 2.24) is 10.2 Å². The first kappa shape index (κ1) is 19.0. The minimum Gasteiger partial charge on any atom is -0.391 e. The Labute approximate surface area is 146 Å². The van der Waals surface area contributed by atoms with Crippen molar-refractivity contribution >= 4 is 29.9 Å². The maximum atomic E-state index is 9.62. The van der Waals surface area contributed by atoms with Crippen molar-refractivity contribution in [2.75, 3.05) is 26.2 Å². The lowest BCUT2D eigenvalue weighted by Crippen LogP contribution is -2.40. The van der Waals surface area contributed by atoms with E-state index in [-0.39, 0.29) is 30.1 Å². The molecule has 2 rings (SSSR count). The highest BCUT2D eigenvalue weighted by molar-refractivity contribution is 14.0. The van der Waals surface area contributed by atoms with E-state index in [0.717, 1.165) is 44.5 Å². The van der Waals surface area contributed by atoms with Gasteiger partial charge in [0.05, 0.1) is 6.10 Å². The maximum Gasteiger partial charge on any atom is 0.194 e. The topological polar surface area (TPSA) is 47.9 Å². The molecule has 21 heavy (non-hydrogen) atoms. The van der Waals surface area contributed by atoms with Crippen LogP contribution in [0.1, 0.15) is 58.3 Å². The predicted molar refractivity (Wildman–Crippen MR) is 99.4 cm³/mol. The van der Waals surface area contributed by atoms with Gasteiger partial charge >= 0.3 is 0 Å². The number of nitrogens with zero attached hydrogens (tertiary/aromatic N) is 2. The molecule has 0 aromatic heterocycles. The largest absolute Gasteiger partial charge is 0.391 e. The van der Waals surface area contributed by atoms with E-state index in [2.05, 4.69) is 17.1 Å². The molecule has 0 radical (unpaired) electrons. The van der Waals surface area contributed by atoms with E-state index in [0.29, 0.717) is 0 Å². The first-order valence-electron chi connectivity index (χ1n) is 8.51. The van der Waals surface area contributed by atoms with E-state index in [4.69, 9.17) is 4.99 Å². The molecule has 0 unspecified atom stereocenters.